The molecule has 20 heavy (non-hydrogen) atoms. The first-order valence-electron chi connectivity index (χ1n) is 7.72. The number of nitrogens with zero attached hydrogens (tertiary/aromatic N) is 2. The van der Waals surface area contributed by atoms with Crippen molar-refractivity contribution < 1.29 is 5.11 Å². The van der Waals surface area contributed by atoms with E-state index in [1.54, 1.807) is 12.1 Å². The Morgan fingerprint density at radius 1 is 1.45 bits per heavy atom. The number of unbranched alkanes of at least 4 members (excludes halogenated alkanes) is 1. The highest BCUT2D eigenvalue weighted by Crippen LogP contribution is 2.18. The maximum Gasteiger partial charge on any atom is 0.141 e. The number of rotatable bonds is 6. The highest BCUT2D eigenvalue weighted by atomic mass is 16.3. The molecule has 2 rings (SSSR count). The van der Waals surface area contributed by atoms with Crippen LogP contribution in [-0.2, 0) is 6.42 Å². The molecule has 0 aliphatic carbocycles. The number of aromatic hydroxyl groups is 1. The number of piperidine rings is 1. The third-order valence-electron chi connectivity index (χ3n) is 4.05. The van der Waals surface area contributed by atoms with Crippen LogP contribution in [0.25, 0.3) is 6.08 Å². The Labute approximate surface area is 122 Å². The van der Waals surface area contributed by atoms with Crippen molar-refractivity contribution in [3.05, 3.63) is 30.1 Å². The summed E-state index contributed by atoms with van der Waals surface area (Å²) >= 11 is 0. The van der Waals surface area contributed by atoms with Gasteiger partial charge in [0.15, 0.2) is 0 Å². The number of hydrogen-bond acceptors (Lipinski definition) is 3. The van der Waals surface area contributed by atoms with Crippen LogP contribution < -0.4 is 0 Å². The summed E-state index contributed by atoms with van der Waals surface area (Å²) in [7, 11) is 0. The summed E-state index contributed by atoms with van der Waals surface area (Å²) in [6.07, 6.45) is 7.69. The topological polar surface area (TPSA) is 36.4 Å². The first-order valence-corrected chi connectivity index (χ1v) is 7.72. The van der Waals surface area contributed by atoms with Gasteiger partial charge in [0, 0.05) is 12.2 Å². The zero-order chi connectivity index (χ0) is 14.4. The molecule has 1 unspecified atom stereocenters. The van der Waals surface area contributed by atoms with Crippen molar-refractivity contribution in [2.24, 2.45) is 5.92 Å². The van der Waals surface area contributed by atoms with Crippen LogP contribution in [0.5, 0.6) is 5.75 Å². The van der Waals surface area contributed by atoms with E-state index in [0.29, 0.717) is 5.69 Å². The van der Waals surface area contributed by atoms with Gasteiger partial charge < -0.3 is 10.0 Å². The molecule has 1 aromatic rings. The van der Waals surface area contributed by atoms with Crippen LogP contribution in [0.2, 0.25) is 0 Å². The summed E-state index contributed by atoms with van der Waals surface area (Å²) in [5, 5.41) is 9.56. The van der Waals surface area contributed by atoms with Gasteiger partial charge in [-0.15, -0.1) is 0 Å². The Balaban J connectivity index is 1.71. The summed E-state index contributed by atoms with van der Waals surface area (Å²) in [6, 6.07) is 3.62. The van der Waals surface area contributed by atoms with E-state index in [4.69, 9.17) is 0 Å². The van der Waals surface area contributed by atoms with Gasteiger partial charge in [-0.1, -0.05) is 13.5 Å². The fourth-order valence-electron chi connectivity index (χ4n) is 2.93. The van der Waals surface area contributed by atoms with E-state index >= 15 is 0 Å². The van der Waals surface area contributed by atoms with Crippen LogP contribution in [0.3, 0.4) is 0 Å². The number of likely N-dealkylation sites (tertiary alicyclic amines) is 1. The molecule has 1 aliphatic heterocycles. The predicted molar refractivity (Wildman–Crippen MR) is 83.8 cm³/mol. The minimum absolute atomic E-state index is 0.214. The van der Waals surface area contributed by atoms with Gasteiger partial charge in [0.05, 0.1) is 0 Å². The van der Waals surface area contributed by atoms with Gasteiger partial charge in [0.2, 0.25) is 0 Å². The first-order chi connectivity index (χ1) is 9.69. The van der Waals surface area contributed by atoms with Crippen molar-refractivity contribution in [1.29, 1.82) is 0 Å². The molecule has 0 spiro atoms. The normalized spacial score (nSPS) is 19.9. The third kappa shape index (κ3) is 4.34. The number of hydrogen-bond donors (Lipinski definition) is 1. The second kappa shape index (κ2) is 7.44. The lowest BCUT2D eigenvalue weighted by Gasteiger charge is -2.30. The molecule has 1 fully saturated rings. The fourth-order valence-corrected chi connectivity index (χ4v) is 2.93. The Morgan fingerprint density at radius 2 is 2.30 bits per heavy atom. The van der Waals surface area contributed by atoms with E-state index < -0.39 is 0 Å². The van der Waals surface area contributed by atoms with E-state index in [1.807, 2.05) is 6.07 Å². The van der Waals surface area contributed by atoms with Crippen molar-refractivity contribution in [3.8, 4) is 5.75 Å². The van der Waals surface area contributed by atoms with Crippen LogP contribution in [0.15, 0.2) is 18.7 Å². The standard InChI is InChI=1S/C17H26N2O/c1-3-16-17(20)10-9-15(18-16)8-4-5-11-19-12-6-7-14(2)13-19/h3,9-10,14,20H,1,4-8,11-13H2,2H3. The average Bonchev–Trinajstić information content (AvgIpc) is 2.45. The molecular formula is C17H26N2O. The largest absolute Gasteiger partial charge is 0.506 e. The lowest BCUT2D eigenvalue weighted by molar-refractivity contribution is 0.181. The molecule has 110 valence electrons. The molecule has 2 heterocycles. The van der Waals surface area contributed by atoms with E-state index in [9.17, 15) is 5.11 Å². The van der Waals surface area contributed by atoms with Gasteiger partial charge >= 0.3 is 0 Å². The zero-order valence-electron chi connectivity index (χ0n) is 12.5. The molecule has 1 saturated heterocycles. The van der Waals surface area contributed by atoms with E-state index in [1.165, 1.54) is 38.9 Å². The Bertz CT molecular complexity index is 445. The van der Waals surface area contributed by atoms with Gasteiger partial charge in [0.25, 0.3) is 0 Å². The Kier molecular flexibility index (Phi) is 5.60. The minimum atomic E-state index is 0.214. The quantitative estimate of drug-likeness (QED) is 0.807. The first kappa shape index (κ1) is 15.0. The van der Waals surface area contributed by atoms with Crippen molar-refractivity contribution in [1.82, 2.24) is 9.88 Å². The number of aryl methyl sites for hydroxylation is 1. The lowest BCUT2D eigenvalue weighted by Crippen LogP contribution is -2.34. The zero-order valence-corrected chi connectivity index (χ0v) is 12.5. The van der Waals surface area contributed by atoms with Crippen LogP contribution in [0.1, 0.15) is 44.0 Å². The van der Waals surface area contributed by atoms with Crippen molar-refractivity contribution >= 4 is 6.08 Å². The fraction of sp³-hybridized carbons (Fsp3) is 0.588. The molecule has 0 saturated carbocycles. The molecule has 3 heteroatoms. The van der Waals surface area contributed by atoms with Crippen LogP contribution in [-0.4, -0.2) is 34.6 Å². The van der Waals surface area contributed by atoms with Crippen molar-refractivity contribution in [2.75, 3.05) is 19.6 Å². The molecule has 1 atom stereocenters. The number of aromatic nitrogens is 1. The van der Waals surface area contributed by atoms with Crippen molar-refractivity contribution in [2.45, 2.75) is 39.0 Å². The smallest absolute Gasteiger partial charge is 0.141 e. The Hall–Kier alpha value is -1.35. The van der Waals surface area contributed by atoms with Crippen LogP contribution >= 0.6 is 0 Å². The molecular weight excluding hydrogens is 248 g/mol. The predicted octanol–water partition coefficient (Wildman–Crippen LogP) is 3.48. The molecule has 1 N–H and O–H groups in total. The molecule has 0 amide bonds. The van der Waals surface area contributed by atoms with Gasteiger partial charge in [-0.25, -0.2) is 4.98 Å². The van der Waals surface area contributed by atoms with Gasteiger partial charge in [-0.05, 0) is 69.3 Å². The summed E-state index contributed by atoms with van der Waals surface area (Å²) in [5.74, 6) is 1.07. The Morgan fingerprint density at radius 3 is 3.05 bits per heavy atom. The number of pyridine rings is 1. The second-order valence-corrected chi connectivity index (χ2v) is 5.92. The van der Waals surface area contributed by atoms with Gasteiger partial charge in [-0.3, -0.25) is 0 Å². The van der Waals surface area contributed by atoms with E-state index in [-0.39, 0.29) is 5.75 Å². The second-order valence-electron chi connectivity index (χ2n) is 5.92. The molecule has 0 aromatic carbocycles. The molecule has 0 bridgehead atoms. The highest BCUT2D eigenvalue weighted by Gasteiger charge is 2.15. The summed E-state index contributed by atoms with van der Waals surface area (Å²) < 4.78 is 0. The minimum Gasteiger partial charge on any atom is -0.506 e. The maximum atomic E-state index is 9.56. The van der Waals surface area contributed by atoms with Gasteiger partial charge in [0.1, 0.15) is 11.4 Å². The van der Waals surface area contributed by atoms with E-state index in [2.05, 4.69) is 23.4 Å². The van der Waals surface area contributed by atoms with Gasteiger partial charge in [-0.2, -0.15) is 0 Å². The molecule has 3 nitrogen and oxygen atoms in total. The molecule has 1 aliphatic rings. The highest BCUT2D eigenvalue weighted by molar-refractivity contribution is 5.50. The van der Waals surface area contributed by atoms with Crippen LogP contribution in [0, 0.1) is 5.92 Å². The summed E-state index contributed by atoms with van der Waals surface area (Å²) in [5.41, 5.74) is 1.64. The molecule has 0 radical (unpaired) electrons. The SMILES string of the molecule is C=Cc1nc(CCCCN2CCCC(C)C2)ccc1O. The summed E-state index contributed by atoms with van der Waals surface area (Å²) in [6.45, 7) is 9.75. The molecule has 1 aromatic heterocycles. The third-order valence-corrected chi connectivity index (χ3v) is 4.05. The van der Waals surface area contributed by atoms with Crippen LogP contribution in [0.4, 0.5) is 0 Å². The van der Waals surface area contributed by atoms with Crippen molar-refractivity contribution in [3.63, 3.8) is 0 Å². The lowest BCUT2D eigenvalue weighted by atomic mass is 10.00. The monoisotopic (exact) mass is 274 g/mol. The summed E-state index contributed by atoms with van der Waals surface area (Å²) in [4.78, 5) is 7.00. The maximum absolute atomic E-state index is 9.56. The van der Waals surface area contributed by atoms with E-state index in [0.717, 1.165) is 24.5 Å². The average molecular weight is 274 g/mol.